The van der Waals surface area contributed by atoms with E-state index < -0.39 is 11.9 Å². The maximum Gasteiger partial charge on any atom is 0.249 e. The number of amides is 3. The second kappa shape index (κ2) is 6.66. The standard InChI is InChI=1S/C21H21N3O4S/c1-3-28-13-6-7-15-14(9-13)22-21(29-15)23-18(25)10(2)24-19(26)16-11-4-5-12(8-11)17(16)20(24)27/h4-7,9-12,16-17H,3,8H2,1-2H3,(H,22,23,25)/t10-,11-,12-,16+,17+/m0/s1. The Morgan fingerprint density at radius 1 is 1.28 bits per heavy atom. The second-order valence-electron chi connectivity index (χ2n) is 7.79. The molecule has 1 saturated carbocycles. The fourth-order valence-corrected chi connectivity index (χ4v) is 5.70. The van der Waals surface area contributed by atoms with Crippen LogP contribution in [0, 0.1) is 23.7 Å². The lowest BCUT2D eigenvalue weighted by molar-refractivity contribution is -0.146. The Morgan fingerprint density at radius 3 is 2.62 bits per heavy atom. The van der Waals surface area contributed by atoms with Gasteiger partial charge in [-0.3, -0.25) is 19.3 Å². The van der Waals surface area contributed by atoms with Crippen molar-refractivity contribution in [3.8, 4) is 5.75 Å². The van der Waals surface area contributed by atoms with Crippen molar-refractivity contribution in [2.45, 2.75) is 26.3 Å². The van der Waals surface area contributed by atoms with Gasteiger partial charge in [-0.1, -0.05) is 23.5 Å². The van der Waals surface area contributed by atoms with E-state index in [1.807, 2.05) is 37.3 Å². The third-order valence-corrected chi connectivity index (χ3v) is 7.12. The van der Waals surface area contributed by atoms with Gasteiger partial charge in [-0.05, 0) is 44.2 Å². The molecule has 2 bridgehead atoms. The molecule has 29 heavy (non-hydrogen) atoms. The number of benzene rings is 1. The largest absolute Gasteiger partial charge is 0.494 e. The molecule has 5 atom stereocenters. The van der Waals surface area contributed by atoms with Gasteiger partial charge in [-0.25, -0.2) is 4.98 Å². The number of hydrogen-bond donors (Lipinski definition) is 1. The zero-order chi connectivity index (χ0) is 20.3. The fourth-order valence-electron chi connectivity index (χ4n) is 4.85. The van der Waals surface area contributed by atoms with Crippen molar-refractivity contribution >= 4 is 44.4 Å². The molecule has 0 unspecified atom stereocenters. The molecule has 1 aromatic heterocycles. The SMILES string of the molecule is CCOc1ccc2sc(NC(=O)[C@H](C)N3C(=O)[C@H]4[C@H](C3=O)[C@H]3C=C[C@H]4C3)nc2c1. The number of carbonyl (C=O) groups excluding carboxylic acids is 3. The van der Waals surface area contributed by atoms with E-state index in [4.69, 9.17) is 4.74 Å². The van der Waals surface area contributed by atoms with Gasteiger partial charge in [0, 0.05) is 6.07 Å². The number of fused-ring (bicyclic) bond motifs is 6. The number of rotatable bonds is 5. The highest BCUT2D eigenvalue weighted by atomic mass is 32.1. The molecule has 1 saturated heterocycles. The number of ether oxygens (including phenoxy) is 1. The highest BCUT2D eigenvalue weighted by Gasteiger charge is 2.60. The number of nitrogens with one attached hydrogen (secondary N) is 1. The third-order valence-electron chi connectivity index (χ3n) is 6.17. The van der Waals surface area contributed by atoms with Crippen LogP contribution in [0.2, 0.25) is 0 Å². The minimum atomic E-state index is -0.869. The van der Waals surface area contributed by atoms with Gasteiger partial charge >= 0.3 is 0 Å². The molecular weight excluding hydrogens is 390 g/mol. The average molecular weight is 411 g/mol. The summed E-state index contributed by atoms with van der Waals surface area (Å²) >= 11 is 1.34. The Balaban J connectivity index is 1.33. The molecule has 1 aliphatic heterocycles. The third kappa shape index (κ3) is 2.77. The number of anilines is 1. The summed E-state index contributed by atoms with van der Waals surface area (Å²) in [6.07, 6.45) is 4.96. The van der Waals surface area contributed by atoms with Gasteiger partial charge < -0.3 is 10.1 Å². The zero-order valence-electron chi connectivity index (χ0n) is 16.1. The predicted octanol–water partition coefficient (Wildman–Crippen LogP) is 2.83. The van der Waals surface area contributed by atoms with Crippen molar-refractivity contribution in [2.24, 2.45) is 23.7 Å². The lowest BCUT2D eigenvalue weighted by Crippen LogP contribution is -2.46. The van der Waals surface area contributed by atoms with E-state index in [-0.39, 0.29) is 35.5 Å². The topological polar surface area (TPSA) is 88.6 Å². The van der Waals surface area contributed by atoms with Crippen molar-refractivity contribution in [3.63, 3.8) is 0 Å². The van der Waals surface area contributed by atoms with Gasteiger partial charge in [-0.15, -0.1) is 0 Å². The zero-order valence-corrected chi connectivity index (χ0v) is 16.9. The van der Waals surface area contributed by atoms with E-state index in [1.54, 1.807) is 6.92 Å². The first-order chi connectivity index (χ1) is 14.0. The lowest BCUT2D eigenvalue weighted by atomic mass is 9.85. The van der Waals surface area contributed by atoms with Gasteiger partial charge in [0.1, 0.15) is 11.8 Å². The molecule has 3 aliphatic rings. The number of imide groups is 1. The summed E-state index contributed by atoms with van der Waals surface area (Å²) in [7, 11) is 0. The molecule has 2 aliphatic carbocycles. The summed E-state index contributed by atoms with van der Waals surface area (Å²) in [6.45, 7) is 4.07. The molecule has 0 spiro atoms. The quantitative estimate of drug-likeness (QED) is 0.604. The highest BCUT2D eigenvalue weighted by Crippen LogP contribution is 2.52. The van der Waals surface area contributed by atoms with Crippen molar-refractivity contribution in [2.75, 3.05) is 11.9 Å². The number of nitrogens with zero attached hydrogens (tertiary/aromatic N) is 2. The first-order valence-corrected chi connectivity index (χ1v) is 10.7. The number of hydrogen-bond acceptors (Lipinski definition) is 6. The molecule has 3 amide bonds. The Kier molecular flexibility index (Phi) is 4.20. The van der Waals surface area contributed by atoms with Gasteiger partial charge in [-0.2, -0.15) is 0 Å². The molecule has 1 aromatic carbocycles. The van der Waals surface area contributed by atoms with Gasteiger partial charge in [0.2, 0.25) is 17.7 Å². The van der Waals surface area contributed by atoms with Crippen LogP contribution in [0.1, 0.15) is 20.3 Å². The smallest absolute Gasteiger partial charge is 0.249 e. The molecule has 2 heterocycles. The van der Waals surface area contributed by atoms with Crippen molar-refractivity contribution in [3.05, 3.63) is 30.4 Å². The Hall–Kier alpha value is -2.74. The van der Waals surface area contributed by atoms with Crippen molar-refractivity contribution < 1.29 is 19.1 Å². The van der Waals surface area contributed by atoms with E-state index in [9.17, 15) is 14.4 Å². The highest BCUT2D eigenvalue weighted by molar-refractivity contribution is 7.22. The van der Waals surface area contributed by atoms with Crippen LogP contribution >= 0.6 is 11.3 Å². The Labute approximate surface area is 171 Å². The van der Waals surface area contributed by atoms with Crippen LogP contribution in [0.4, 0.5) is 5.13 Å². The lowest BCUT2D eigenvalue weighted by Gasteiger charge is -2.23. The average Bonchev–Trinajstić information content (AvgIpc) is 3.44. The summed E-state index contributed by atoms with van der Waals surface area (Å²) in [5, 5.41) is 3.21. The molecular formula is C21H21N3O4S. The molecule has 7 nitrogen and oxygen atoms in total. The Bertz CT molecular complexity index is 1030. The van der Waals surface area contributed by atoms with Crippen LogP contribution in [-0.2, 0) is 14.4 Å². The Morgan fingerprint density at radius 2 is 1.97 bits per heavy atom. The first kappa shape index (κ1) is 18.3. The summed E-state index contributed by atoms with van der Waals surface area (Å²) in [5.74, 6) is -0.457. The number of thiazole rings is 1. The molecule has 5 rings (SSSR count). The van der Waals surface area contributed by atoms with Gasteiger partial charge in [0.15, 0.2) is 5.13 Å². The minimum Gasteiger partial charge on any atom is -0.494 e. The maximum atomic E-state index is 12.9. The molecule has 150 valence electrons. The summed E-state index contributed by atoms with van der Waals surface area (Å²) < 4.78 is 6.40. The van der Waals surface area contributed by atoms with Gasteiger partial charge in [0.25, 0.3) is 0 Å². The van der Waals surface area contributed by atoms with Crippen LogP contribution in [0.25, 0.3) is 10.2 Å². The van der Waals surface area contributed by atoms with E-state index in [2.05, 4.69) is 10.3 Å². The number of likely N-dealkylation sites (tertiary alicyclic amines) is 1. The summed E-state index contributed by atoms with van der Waals surface area (Å²) in [6, 6.07) is 4.72. The number of aromatic nitrogens is 1. The number of carbonyl (C=O) groups is 3. The monoisotopic (exact) mass is 411 g/mol. The molecule has 0 radical (unpaired) electrons. The van der Waals surface area contributed by atoms with Crippen LogP contribution < -0.4 is 10.1 Å². The summed E-state index contributed by atoms with van der Waals surface area (Å²) in [4.78, 5) is 44.2. The number of allylic oxidation sites excluding steroid dienone is 2. The van der Waals surface area contributed by atoms with E-state index in [0.29, 0.717) is 11.7 Å². The first-order valence-electron chi connectivity index (χ1n) is 9.87. The molecule has 1 N–H and O–H groups in total. The van der Waals surface area contributed by atoms with Gasteiger partial charge in [0.05, 0.1) is 28.7 Å². The van der Waals surface area contributed by atoms with E-state index >= 15 is 0 Å². The summed E-state index contributed by atoms with van der Waals surface area (Å²) in [5.41, 5.74) is 0.731. The van der Waals surface area contributed by atoms with E-state index in [1.165, 1.54) is 11.3 Å². The minimum absolute atomic E-state index is 0.130. The molecule has 2 aromatic rings. The second-order valence-corrected chi connectivity index (χ2v) is 8.82. The fraction of sp³-hybridized carbons (Fsp3) is 0.429. The molecule has 8 heteroatoms. The molecule has 2 fully saturated rings. The van der Waals surface area contributed by atoms with Crippen LogP contribution in [0.5, 0.6) is 5.75 Å². The van der Waals surface area contributed by atoms with Crippen LogP contribution in [0.15, 0.2) is 30.4 Å². The van der Waals surface area contributed by atoms with Crippen molar-refractivity contribution in [1.29, 1.82) is 0 Å². The van der Waals surface area contributed by atoms with Crippen LogP contribution in [-0.4, -0.2) is 40.3 Å². The normalized spacial score (nSPS) is 28.3. The predicted molar refractivity (Wildman–Crippen MR) is 108 cm³/mol. The van der Waals surface area contributed by atoms with E-state index in [0.717, 1.165) is 27.3 Å². The maximum absolute atomic E-state index is 12.9. The van der Waals surface area contributed by atoms with Crippen LogP contribution in [0.3, 0.4) is 0 Å². The van der Waals surface area contributed by atoms with Crippen molar-refractivity contribution in [1.82, 2.24) is 9.88 Å².